The van der Waals surface area contributed by atoms with Gasteiger partial charge in [-0.15, -0.1) is 0 Å². The minimum atomic E-state index is -0.959. The maximum Gasteiger partial charge on any atom is 0.396 e. The van der Waals surface area contributed by atoms with E-state index in [1.807, 2.05) is 0 Å². The molecule has 0 bridgehead atoms. The third kappa shape index (κ3) is 4.18. The van der Waals surface area contributed by atoms with Crippen molar-refractivity contribution in [2.24, 2.45) is 5.92 Å². The van der Waals surface area contributed by atoms with Gasteiger partial charge in [0.1, 0.15) is 5.82 Å². The fourth-order valence-electron chi connectivity index (χ4n) is 2.43. The lowest BCUT2D eigenvalue weighted by molar-refractivity contribution is -0.150. The zero-order valence-electron chi connectivity index (χ0n) is 13.1. The molecule has 1 saturated heterocycles. The lowest BCUT2D eigenvalue weighted by Gasteiger charge is -2.31. The highest BCUT2D eigenvalue weighted by molar-refractivity contribution is 6.37. The minimum Gasteiger partial charge on any atom is -0.469 e. The Bertz CT molecular complexity index is 579. The second kappa shape index (κ2) is 7.57. The number of hydrogen-bond donors (Lipinski definition) is 1. The number of nitrogens with one attached hydrogen (secondary N) is 1. The zero-order chi connectivity index (χ0) is 16.8. The number of pyridine rings is 1. The molecule has 0 atom stereocenters. The Kier molecular flexibility index (Phi) is 5.51. The van der Waals surface area contributed by atoms with Crippen molar-refractivity contribution >= 4 is 29.4 Å². The number of esters is 2. The standard InChI is InChI=1S/C15H19N3O5/c1-22-14(20)10-5-7-18(8-6-10)12-4-3-11(9-16-12)17-13(19)15(21)23-2/h3-4,9-10H,5-8H2,1-2H3,(H,17,19). The molecule has 1 amide bonds. The first-order chi connectivity index (χ1) is 11.0. The average molecular weight is 321 g/mol. The second-order valence-corrected chi connectivity index (χ2v) is 5.14. The van der Waals surface area contributed by atoms with Crippen LogP contribution in [0.4, 0.5) is 11.5 Å². The van der Waals surface area contributed by atoms with Crippen molar-refractivity contribution in [3.8, 4) is 0 Å². The Morgan fingerprint density at radius 2 is 1.87 bits per heavy atom. The van der Waals surface area contributed by atoms with E-state index in [4.69, 9.17) is 4.74 Å². The first-order valence-electron chi connectivity index (χ1n) is 7.23. The van der Waals surface area contributed by atoms with Crippen LogP contribution in [0.5, 0.6) is 0 Å². The number of nitrogens with zero attached hydrogens (tertiary/aromatic N) is 2. The molecule has 1 aliphatic rings. The molecule has 0 aliphatic carbocycles. The van der Waals surface area contributed by atoms with Crippen LogP contribution in [0.3, 0.4) is 0 Å². The van der Waals surface area contributed by atoms with E-state index in [1.165, 1.54) is 13.3 Å². The quantitative estimate of drug-likeness (QED) is 0.642. The van der Waals surface area contributed by atoms with Crippen molar-refractivity contribution in [3.63, 3.8) is 0 Å². The predicted octanol–water partition coefficient (Wildman–Crippen LogP) is 0.582. The van der Waals surface area contributed by atoms with Gasteiger partial charge in [0.25, 0.3) is 0 Å². The largest absolute Gasteiger partial charge is 0.469 e. The third-order valence-corrected chi connectivity index (χ3v) is 3.73. The first-order valence-corrected chi connectivity index (χ1v) is 7.23. The van der Waals surface area contributed by atoms with Crippen molar-refractivity contribution < 1.29 is 23.9 Å². The van der Waals surface area contributed by atoms with Gasteiger partial charge < -0.3 is 19.7 Å². The number of piperidine rings is 1. The van der Waals surface area contributed by atoms with E-state index in [-0.39, 0.29) is 11.9 Å². The molecule has 0 spiro atoms. The van der Waals surface area contributed by atoms with Crippen molar-refractivity contribution in [3.05, 3.63) is 18.3 Å². The number of methoxy groups -OCH3 is 2. The summed E-state index contributed by atoms with van der Waals surface area (Å²) in [5, 5.41) is 2.40. The molecule has 0 radical (unpaired) electrons. The molecule has 1 N–H and O–H groups in total. The van der Waals surface area contributed by atoms with E-state index in [1.54, 1.807) is 12.1 Å². The Hall–Kier alpha value is -2.64. The summed E-state index contributed by atoms with van der Waals surface area (Å²) in [5.41, 5.74) is 0.411. The molecule has 8 heteroatoms. The summed E-state index contributed by atoms with van der Waals surface area (Å²) < 4.78 is 9.09. The molecule has 0 unspecified atom stereocenters. The molecule has 8 nitrogen and oxygen atoms in total. The fourth-order valence-corrected chi connectivity index (χ4v) is 2.43. The highest BCUT2D eigenvalue weighted by Crippen LogP contribution is 2.23. The predicted molar refractivity (Wildman–Crippen MR) is 81.8 cm³/mol. The number of hydrogen-bond acceptors (Lipinski definition) is 7. The van der Waals surface area contributed by atoms with Crippen LogP contribution in [0.25, 0.3) is 0 Å². The monoisotopic (exact) mass is 321 g/mol. The van der Waals surface area contributed by atoms with Crippen LogP contribution in [0, 0.1) is 5.92 Å². The maximum atomic E-state index is 11.5. The Balaban J connectivity index is 1.92. The molecule has 1 aromatic heterocycles. The number of rotatable bonds is 3. The fraction of sp³-hybridized carbons (Fsp3) is 0.467. The molecular formula is C15H19N3O5. The van der Waals surface area contributed by atoms with Gasteiger partial charge in [-0.3, -0.25) is 9.59 Å². The molecule has 0 aromatic carbocycles. The Labute approximate surface area is 133 Å². The van der Waals surface area contributed by atoms with E-state index >= 15 is 0 Å². The van der Waals surface area contributed by atoms with Crippen LogP contribution in [-0.2, 0) is 23.9 Å². The molecule has 0 saturated carbocycles. The van der Waals surface area contributed by atoms with Gasteiger partial charge in [0.2, 0.25) is 0 Å². The van der Waals surface area contributed by atoms with Crippen LogP contribution >= 0.6 is 0 Å². The Morgan fingerprint density at radius 3 is 2.39 bits per heavy atom. The van der Waals surface area contributed by atoms with Crippen molar-refractivity contribution in [2.75, 3.05) is 37.5 Å². The smallest absolute Gasteiger partial charge is 0.396 e. The van der Waals surface area contributed by atoms with Gasteiger partial charge in [0.05, 0.1) is 32.0 Å². The van der Waals surface area contributed by atoms with Crippen LogP contribution in [0.15, 0.2) is 18.3 Å². The topological polar surface area (TPSA) is 97.8 Å². The third-order valence-electron chi connectivity index (χ3n) is 3.73. The number of carbonyl (C=O) groups is 3. The number of ether oxygens (including phenoxy) is 2. The Morgan fingerprint density at radius 1 is 1.17 bits per heavy atom. The molecule has 23 heavy (non-hydrogen) atoms. The van der Waals surface area contributed by atoms with Gasteiger partial charge >= 0.3 is 17.8 Å². The molecule has 1 aliphatic heterocycles. The van der Waals surface area contributed by atoms with Crippen molar-refractivity contribution in [1.29, 1.82) is 0 Å². The number of amides is 1. The summed E-state index contributed by atoms with van der Waals surface area (Å²) in [4.78, 5) is 40.3. The maximum absolute atomic E-state index is 11.5. The van der Waals surface area contributed by atoms with E-state index in [9.17, 15) is 14.4 Å². The SMILES string of the molecule is COC(=O)C(=O)Nc1ccc(N2CCC(C(=O)OC)CC2)nc1. The molecular weight excluding hydrogens is 302 g/mol. The molecule has 124 valence electrons. The minimum absolute atomic E-state index is 0.0603. The zero-order valence-corrected chi connectivity index (χ0v) is 13.1. The van der Waals surface area contributed by atoms with Crippen LogP contribution < -0.4 is 10.2 Å². The summed E-state index contributed by atoms with van der Waals surface area (Å²) in [7, 11) is 2.54. The van der Waals surface area contributed by atoms with E-state index in [2.05, 4.69) is 19.9 Å². The van der Waals surface area contributed by atoms with Crippen molar-refractivity contribution in [2.45, 2.75) is 12.8 Å². The van der Waals surface area contributed by atoms with Gasteiger partial charge in [0.15, 0.2) is 0 Å². The molecule has 2 heterocycles. The summed E-state index contributed by atoms with van der Waals surface area (Å²) >= 11 is 0. The number of aromatic nitrogens is 1. The van der Waals surface area contributed by atoms with E-state index in [0.717, 1.165) is 25.8 Å². The van der Waals surface area contributed by atoms with Crippen LogP contribution in [0.2, 0.25) is 0 Å². The highest BCUT2D eigenvalue weighted by Gasteiger charge is 2.26. The molecule has 1 aromatic rings. The van der Waals surface area contributed by atoms with Gasteiger partial charge in [-0.1, -0.05) is 0 Å². The molecule has 2 rings (SSSR count). The second-order valence-electron chi connectivity index (χ2n) is 5.14. The number of carbonyl (C=O) groups excluding carboxylic acids is 3. The summed E-state index contributed by atoms with van der Waals surface area (Å²) in [5.74, 6) is -1.28. The van der Waals surface area contributed by atoms with Gasteiger partial charge in [-0.2, -0.15) is 0 Å². The summed E-state index contributed by atoms with van der Waals surface area (Å²) in [6, 6.07) is 3.42. The average Bonchev–Trinajstić information content (AvgIpc) is 2.61. The molecule has 1 fully saturated rings. The van der Waals surface area contributed by atoms with Crippen LogP contribution in [0.1, 0.15) is 12.8 Å². The summed E-state index contributed by atoms with van der Waals surface area (Å²) in [6.45, 7) is 1.42. The van der Waals surface area contributed by atoms with Gasteiger partial charge in [-0.05, 0) is 25.0 Å². The normalized spacial score (nSPS) is 15.0. The van der Waals surface area contributed by atoms with Crippen molar-refractivity contribution in [1.82, 2.24) is 4.98 Å². The van der Waals surface area contributed by atoms with E-state index in [0.29, 0.717) is 18.8 Å². The number of anilines is 2. The van der Waals surface area contributed by atoms with Crippen LogP contribution in [-0.4, -0.2) is 50.1 Å². The first kappa shape index (κ1) is 16.7. The van der Waals surface area contributed by atoms with E-state index < -0.39 is 11.9 Å². The van der Waals surface area contributed by atoms with Gasteiger partial charge in [0, 0.05) is 13.1 Å². The summed E-state index contributed by atoms with van der Waals surface area (Å²) in [6.07, 6.45) is 2.91. The highest BCUT2D eigenvalue weighted by atomic mass is 16.5. The lowest BCUT2D eigenvalue weighted by Crippen LogP contribution is -2.37. The lowest BCUT2D eigenvalue weighted by atomic mass is 9.97. The van der Waals surface area contributed by atoms with Gasteiger partial charge in [-0.25, -0.2) is 9.78 Å².